The molecule has 0 aliphatic carbocycles. The molecule has 4 nitrogen and oxygen atoms in total. The van der Waals surface area contributed by atoms with E-state index in [-0.39, 0.29) is 26.8 Å². The van der Waals surface area contributed by atoms with Crippen LogP contribution in [0.3, 0.4) is 0 Å². The fourth-order valence-electron chi connectivity index (χ4n) is 0.793. The first-order valence-electron chi connectivity index (χ1n) is 5.11. The summed E-state index contributed by atoms with van der Waals surface area (Å²) in [6.07, 6.45) is 9.80. The Labute approximate surface area is 127 Å². The van der Waals surface area contributed by atoms with Gasteiger partial charge in [0.15, 0.2) is 0 Å². The molecular formula is C9H24I2O4S2-2. The summed E-state index contributed by atoms with van der Waals surface area (Å²) >= 11 is -1.06. The van der Waals surface area contributed by atoms with Gasteiger partial charge in [0.25, 0.3) is 0 Å². The van der Waals surface area contributed by atoms with Gasteiger partial charge in [-0.05, 0) is 0 Å². The molecule has 0 aromatic heterocycles. The van der Waals surface area contributed by atoms with Crippen molar-refractivity contribution >= 4 is 14.7 Å². The van der Waals surface area contributed by atoms with Gasteiger partial charge in [-0.2, -0.15) is 0 Å². The summed E-state index contributed by atoms with van der Waals surface area (Å²) in [4.78, 5) is 0. The van der Waals surface area contributed by atoms with E-state index >= 15 is 0 Å². The van der Waals surface area contributed by atoms with E-state index < -0.39 is 34.9 Å². The van der Waals surface area contributed by atoms with Crippen LogP contribution < -0.4 is 40.5 Å². The Balaban J connectivity index is 3.85. The van der Waals surface area contributed by atoms with Crippen molar-refractivity contribution in [2.24, 2.45) is 0 Å². The minimum absolute atomic E-state index is 0.0758. The molecule has 0 radical (unpaired) electrons. The molecule has 0 fully saturated rings. The first-order valence-corrected chi connectivity index (χ1v) is 17.0. The molecule has 0 bridgehead atoms. The normalized spacial score (nSPS) is 19.2. The van der Waals surface area contributed by atoms with Gasteiger partial charge in [-0.3, -0.25) is 0 Å². The molecule has 1 unspecified atom stereocenters. The third kappa shape index (κ3) is 11.5. The van der Waals surface area contributed by atoms with Gasteiger partial charge < -0.3 is 0 Å². The Kier molecular flexibility index (Phi) is 11.0. The second-order valence-electron chi connectivity index (χ2n) is 4.18. The number of hydrogen-bond acceptors (Lipinski definition) is 4. The van der Waals surface area contributed by atoms with Crippen molar-refractivity contribution < 1.29 is 56.3 Å². The van der Waals surface area contributed by atoms with E-state index in [1.165, 1.54) is 0 Å². The summed E-state index contributed by atoms with van der Waals surface area (Å²) < 4.78 is 20.8. The Bertz CT molecular complexity index is 204. The van der Waals surface area contributed by atoms with Gasteiger partial charge in [0.05, 0.1) is 0 Å². The maximum atomic E-state index is 9.55. The van der Waals surface area contributed by atoms with E-state index in [1.54, 1.807) is 0 Å². The average molecular weight is 514 g/mol. The molecule has 112 valence electrons. The number of aliphatic hydroxyl groups is 1. The maximum absolute atomic E-state index is 9.55. The molecule has 0 rings (SSSR count). The van der Waals surface area contributed by atoms with E-state index in [1.807, 2.05) is 0 Å². The molecule has 0 heterocycles. The van der Waals surface area contributed by atoms with Crippen molar-refractivity contribution in [1.29, 1.82) is 0 Å². The molecule has 0 aromatic rings. The van der Waals surface area contributed by atoms with Crippen LogP contribution in [0.4, 0.5) is 0 Å². The second kappa shape index (κ2) is 9.83. The predicted octanol–water partition coefficient (Wildman–Crippen LogP) is -4.72. The monoisotopic (exact) mass is 514 g/mol. The van der Waals surface area contributed by atoms with Crippen LogP contribution in [0.15, 0.2) is 0 Å². The fourth-order valence-corrected chi connectivity index (χ4v) is 16.2. The fraction of sp³-hybridized carbons (Fsp3) is 1.00. The molecule has 0 aliphatic rings. The van der Waals surface area contributed by atoms with Crippen LogP contribution in [0.2, 0.25) is 0 Å². The summed E-state index contributed by atoms with van der Waals surface area (Å²) in [5, 5.41) is 8.57. The summed E-state index contributed by atoms with van der Waals surface area (Å²) in [5.74, 6) is 0.928. The Morgan fingerprint density at radius 2 is 1.76 bits per heavy atom. The number of hydrogen-bond donors (Lipinski definition) is 2. The average Bonchev–Trinajstić information content (AvgIpc) is 2.25. The molecule has 0 aliphatic heterocycles. The summed E-state index contributed by atoms with van der Waals surface area (Å²) in [6, 6.07) is 0. The van der Waals surface area contributed by atoms with Gasteiger partial charge in [0.1, 0.15) is 0 Å². The topological polar surface area (TPSA) is 58.9 Å². The van der Waals surface area contributed by atoms with Gasteiger partial charge in [-0.1, -0.05) is 0 Å². The van der Waals surface area contributed by atoms with Crippen molar-refractivity contribution in [3.8, 4) is 0 Å². The number of rotatable bonds is 10. The van der Waals surface area contributed by atoms with Crippen molar-refractivity contribution in [2.75, 3.05) is 50.6 Å². The summed E-state index contributed by atoms with van der Waals surface area (Å²) in [7, 11) is -1.76. The van der Waals surface area contributed by atoms with Gasteiger partial charge in [0, 0.05) is 0 Å². The van der Waals surface area contributed by atoms with Crippen molar-refractivity contribution in [2.45, 2.75) is 6.42 Å². The molecule has 0 aromatic carbocycles. The van der Waals surface area contributed by atoms with Gasteiger partial charge in [-0.25, -0.2) is 0 Å². The zero-order valence-corrected chi connectivity index (χ0v) is 16.8. The van der Waals surface area contributed by atoms with Crippen molar-refractivity contribution in [3.05, 3.63) is 0 Å². The number of halogens is 2. The third-order valence-electron chi connectivity index (χ3n) is 1.53. The van der Waals surface area contributed by atoms with Gasteiger partial charge in [0.2, 0.25) is 0 Å². The van der Waals surface area contributed by atoms with E-state index in [9.17, 15) is 3.44 Å². The van der Waals surface area contributed by atoms with Crippen LogP contribution in [-0.4, -0.2) is 59.1 Å². The summed E-state index contributed by atoms with van der Waals surface area (Å²) in [5.41, 5.74) is 0. The Morgan fingerprint density at radius 3 is 2.24 bits per heavy atom. The zero-order valence-electron chi connectivity index (χ0n) is 10.8. The molecule has 8 heteroatoms. The van der Waals surface area contributed by atoms with Crippen LogP contribution in [0, 0.1) is 0 Å². The van der Waals surface area contributed by atoms with Gasteiger partial charge in [-0.15, -0.1) is 0 Å². The first kappa shape index (κ1) is 19.0. The minimum atomic E-state index is -1.20. The van der Waals surface area contributed by atoms with Crippen LogP contribution in [0.1, 0.15) is 6.42 Å². The SMILES string of the molecule is CS(C)(C)[I-]OS(C)(CCCOCCO)[I-]O. The number of ether oxygens (including phenoxy) is 1. The van der Waals surface area contributed by atoms with Gasteiger partial charge >= 0.3 is 128 Å². The molecule has 0 amide bonds. The van der Waals surface area contributed by atoms with Crippen LogP contribution in [-0.2, 0) is 7.25 Å². The molecule has 0 spiro atoms. The number of aliphatic hydroxyl groups excluding tert-OH is 1. The van der Waals surface area contributed by atoms with E-state index in [0.29, 0.717) is 13.2 Å². The first-order chi connectivity index (χ1) is 7.83. The Morgan fingerprint density at radius 1 is 1.12 bits per heavy atom. The Hall–Kier alpha value is 2.00. The molecular weight excluding hydrogens is 490 g/mol. The quantitative estimate of drug-likeness (QED) is 0.228. The van der Waals surface area contributed by atoms with Crippen molar-refractivity contribution in [3.63, 3.8) is 0 Å². The zero-order chi connectivity index (χ0) is 13.4. The molecule has 1 atom stereocenters. The summed E-state index contributed by atoms with van der Waals surface area (Å²) in [6.45, 7) is 1.13. The second-order valence-corrected chi connectivity index (χ2v) is 27.0. The third-order valence-corrected chi connectivity index (χ3v) is 17.0. The van der Waals surface area contributed by atoms with E-state index in [2.05, 4.69) is 25.0 Å². The van der Waals surface area contributed by atoms with E-state index in [0.717, 1.165) is 12.2 Å². The standard InChI is InChI=1S/C9H24I2O4S2/c1-16(2,3)11-15-17(4,10-13)9-5-7-14-8-6-12/h12-13H,5-9H2,1-4H3/q-2. The van der Waals surface area contributed by atoms with Crippen LogP contribution >= 0.6 is 14.7 Å². The van der Waals surface area contributed by atoms with E-state index in [4.69, 9.17) is 12.4 Å². The molecule has 17 heavy (non-hydrogen) atoms. The van der Waals surface area contributed by atoms with Crippen LogP contribution in [0.25, 0.3) is 0 Å². The predicted molar refractivity (Wildman–Crippen MR) is 69.6 cm³/mol. The molecule has 2 N–H and O–H groups in total. The van der Waals surface area contributed by atoms with Crippen molar-refractivity contribution in [1.82, 2.24) is 0 Å². The van der Waals surface area contributed by atoms with Crippen LogP contribution in [0.5, 0.6) is 0 Å². The molecule has 0 saturated heterocycles. The molecule has 0 saturated carbocycles.